The third-order valence-electron chi connectivity index (χ3n) is 2.33. The largest absolute Gasteiger partial charge is 0.492 e. The van der Waals surface area contributed by atoms with Crippen molar-refractivity contribution in [2.45, 2.75) is 6.54 Å². The molecule has 0 aliphatic carbocycles. The van der Waals surface area contributed by atoms with Crippen molar-refractivity contribution in [3.05, 3.63) is 47.5 Å². The van der Waals surface area contributed by atoms with Crippen molar-refractivity contribution < 1.29 is 9.53 Å². The van der Waals surface area contributed by atoms with E-state index in [9.17, 15) is 4.79 Å². The lowest BCUT2D eigenvalue weighted by atomic mass is 10.2. The zero-order chi connectivity index (χ0) is 13.0. The SMILES string of the molecule is NC(=O)c1cc(Cl)cc(OCCn2ccnc2)c1. The van der Waals surface area contributed by atoms with Crippen LogP contribution in [0.25, 0.3) is 0 Å². The Hall–Kier alpha value is -2.01. The molecule has 18 heavy (non-hydrogen) atoms. The number of primary amides is 1. The number of rotatable bonds is 5. The van der Waals surface area contributed by atoms with Crippen molar-refractivity contribution in [1.82, 2.24) is 9.55 Å². The minimum absolute atomic E-state index is 0.333. The summed E-state index contributed by atoms with van der Waals surface area (Å²) in [6.45, 7) is 1.12. The lowest BCUT2D eigenvalue weighted by Gasteiger charge is -2.08. The van der Waals surface area contributed by atoms with Gasteiger partial charge >= 0.3 is 0 Å². The Morgan fingerprint density at radius 2 is 2.28 bits per heavy atom. The van der Waals surface area contributed by atoms with Crippen LogP contribution in [0.4, 0.5) is 0 Å². The first-order valence-corrected chi connectivity index (χ1v) is 5.72. The number of ether oxygens (including phenoxy) is 1. The number of nitrogens with zero attached hydrogens (tertiary/aromatic N) is 2. The van der Waals surface area contributed by atoms with Gasteiger partial charge in [0.2, 0.25) is 5.91 Å². The maximum atomic E-state index is 11.1. The predicted octanol–water partition coefficient (Wildman–Crippen LogP) is 1.71. The number of hydrogen-bond acceptors (Lipinski definition) is 3. The molecule has 0 unspecified atom stereocenters. The van der Waals surface area contributed by atoms with Crippen LogP contribution >= 0.6 is 11.6 Å². The van der Waals surface area contributed by atoms with E-state index in [4.69, 9.17) is 22.1 Å². The summed E-state index contributed by atoms with van der Waals surface area (Å²) in [7, 11) is 0. The molecule has 0 radical (unpaired) electrons. The Kier molecular flexibility index (Phi) is 3.84. The summed E-state index contributed by atoms with van der Waals surface area (Å²) in [5.74, 6) is -0.00613. The number of nitrogens with two attached hydrogens (primary N) is 1. The fourth-order valence-corrected chi connectivity index (χ4v) is 1.70. The number of imidazole rings is 1. The second-order valence-corrected chi connectivity index (χ2v) is 4.13. The number of aromatic nitrogens is 2. The van der Waals surface area contributed by atoms with Gasteiger partial charge in [-0.05, 0) is 18.2 Å². The van der Waals surface area contributed by atoms with Gasteiger partial charge in [-0.2, -0.15) is 0 Å². The molecule has 1 heterocycles. The Morgan fingerprint density at radius 1 is 1.44 bits per heavy atom. The van der Waals surface area contributed by atoms with Crippen LogP contribution < -0.4 is 10.5 Å². The number of hydrogen-bond donors (Lipinski definition) is 1. The Bertz CT molecular complexity index is 540. The first kappa shape index (κ1) is 12.4. The monoisotopic (exact) mass is 265 g/mol. The van der Waals surface area contributed by atoms with Crippen LogP contribution in [0.1, 0.15) is 10.4 Å². The van der Waals surface area contributed by atoms with Crippen LogP contribution in [-0.4, -0.2) is 22.1 Å². The Balaban J connectivity index is 1.98. The van der Waals surface area contributed by atoms with Crippen molar-refractivity contribution in [3.8, 4) is 5.75 Å². The van der Waals surface area contributed by atoms with Crippen LogP contribution in [0, 0.1) is 0 Å². The van der Waals surface area contributed by atoms with Gasteiger partial charge in [-0.25, -0.2) is 4.98 Å². The van der Waals surface area contributed by atoms with E-state index in [1.54, 1.807) is 24.7 Å². The molecule has 1 aromatic heterocycles. The molecule has 0 fully saturated rings. The minimum Gasteiger partial charge on any atom is -0.492 e. The van der Waals surface area contributed by atoms with Crippen LogP contribution in [0.5, 0.6) is 5.75 Å². The highest BCUT2D eigenvalue weighted by Crippen LogP contribution is 2.20. The van der Waals surface area contributed by atoms with Crippen molar-refractivity contribution in [3.63, 3.8) is 0 Å². The molecule has 1 amide bonds. The van der Waals surface area contributed by atoms with E-state index in [2.05, 4.69) is 4.98 Å². The van der Waals surface area contributed by atoms with Crippen molar-refractivity contribution >= 4 is 17.5 Å². The summed E-state index contributed by atoms with van der Waals surface area (Å²) in [5, 5.41) is 0.420. The van der Waals surface area contributed by atoms with Gasteiger partial charge in [0.25, 0.3) is 0 Å². The first-order chi connectivity index (χ1) is 8.65. The van der Waals surface area contributed by atoms with Crippen molar-refractivity contribution in [1.29, 1.82) is 0 Å². The zero-order valence-corrected chi connectivity index (χ0v) is 10.3. The summed E-state index contributed by atoms with van der Waals surface area (Å²) in [4.78, 5) is 15.0. The van der Waals surface area contributed by atoms with E-state index in [1.807, 2.05) is 10.8 Å². The number of carbonyl (C=O) groups is 1. The molecule has 0 bridgehead atoms. The van der Waals surface area contributed by atoms with Gasteiger partial charge in [0, 0.05) is 23.0 Å². The summed E-state index contributed by atoms with van der Waals surface area (Å²) < 4.78 is 7.40. The van der Waals surface area contributed by atoms with E-state index in [0.29, 0.717) is 29.5 Å². The van der Waals surface area contributed by atoms with E-state index < -0.39 is 5.91 Å². The fourth-order valence-electron chi connectivity index (χ4n) is 1.48. The molecule has 6 heteroatoms. The van der Waals surface area contributed by atoms with Crippen LogP contribution in [0.2, 0.25) is 5.02 Å². The van der Waals surface area contributed by atoms with Crippen LogP contribution in [0.3, 0.4) is 0 Å². The smallest absolute Gasteiger partial charge is 0.248 e. The fraction of sp³-hybridized carbons (Fsp3) is 0.167. The summed E-state index contributed by atoms with van der Waals surface area (Å²) in [6, 6.07) is 4.72. The third kappa shape index (κ3) is 3.24. The molecule has 94 valence electrons. The van der Waals surface area contributed by atoms with Gasteiger partial charge in [-0.3, -0.25) is 4.79 Å². The van der Waals surface area contributed by atoms with Gasteiger partial charge in [-0.1, -0.05) is 11.6 Å². The molecular formula is C12H12ClN3O2. The second-order valence-electron chi connectivity index (χ2n) is 3.69. The van der Waals surface area contributed by atoms with E-state index in [-0.39, 0.29) is 0 Å². The second kappa shape index (κ2) is 5.55. The maximum absolute atomic E-state index is 11.1. The molecule has 0 saturated heterocycles. The van der Waals surface area contributed by atoms with Gasteiger partial charge in [0.15, 0.2) is 0 Å². The van der Waals surface area contributed by atoms with Gasteiger partial charge < -0.3 is 15.0 Å². The highest BCUT2D eigenvalue weighted by atomic mass is 35.5. The van der Waals surface area contributed by atoms with Gasteiger partial charge in [-0.15, -0.1) is 0 Å². The summed E-state index contributed by atoms with van der Waals surface area (Å²) in [6.07, 6.45) is 5.25. The highest BCUT2D eigenvalue weighted by molar-refractivity contribution is 6.31. The van der Waals surface area contributed by atoms with E-state index >= 15 is 0 Å². The lowest BCUT2D eigenvalue weighted by Crippen LogP contribution is -2.11. The number of amides is 1. The number of halogens is 1. The predicted molar refractivity (Wildman–Crippen MR) is 67.7 cm³/mol. The van der Waals surface area contributed by atoms with Crippen molar-refractivity contribution in [2.75, 3.05) is 6.61 Å². The van der Waals surface area contributed by atoms with Gasteiger partial charge in [0.05, 0.1) is 12.9 Å². The molecule has 2 N–H and O–H groups in total. The molecule has 5 nitrogen and oxygen atoms in total. The molecule has 2 rings (SSSR count). The minimum atomic E-state index is -0.531. The van der Waals surface area contributed by atoms with Crippen LogP contribution in [-0.2, 0) is 6.54 Å². The molecule has 2 aromatic rings. The Labute approximate surface area is 109 Å². The highest BCUT2D eigenvalue weighted by Gasteiger charge is 2.05. The maximum Gasteiger partial charge on any atom is 0.248 e. The summed E-state index contributed by atoms with van der Waals surface area (Å²) >= 11 is 5.87. The summed E-state index contributed by atoms with van der Waals surface area (Å²) in [5.41, 5.74) is 5.53. The van der Waals surface area contributed by atoms with Gasteiger partial charge in [0.1, 0.15) is 12.4 Å². The normalized spacial score (nSPS) is 10.3. The molecule has 0 aliphatic heterocycles. The lowest BCUT2D eigenvalue weighted by molar-refractivity contribution is 0.1000. The van der Waals surface area contributed by atoms with E-state index in [0.717, 1.165) is 0 Å². The standard InChI is InChI=1S/C12H12ClN3O2/c13-10-5-9(12(14)17)6-11(7-10)18-4-3-16-2-1-15-8-16/h1-2,5-8H,3-4H2,(H2,14,17). The third-order valence-corrected chi connectivity index (χ3v) is 2.55. The average Bonchev–Trinajstić information content (AvgIpc) is 2.81. The van der Waals surface area contributed by atoms with Crippen molar-refractivity contribution in [2.24, 2.45) is 5.73 Å². The molecular weight excluding hydrogens is 254 g/mol. The molecule has 0 spiro atoms. The van der Waals surface area contributed by atoms with Crippen LogP contribution in [0.15, 0.2) is 36.9 Å². The molecule has 1 aromatic carbocycles. The molecule has 0 saturated carbocycles. The topological polar surface area (TPSA) is 70.1 Å². The Morgan fingerprint density at radius 3 is 2.94 bits per heavy atom. The molecule has 0 aliphatic rings. The molecule has 0 atom stereocenters. The zero-order valence-electron chi connectivity index (χ0n) is 9.54. The van der Waals surface area contributed by atoms with E-state index in [1.165, 1.54) is 6.07 Å². The first-order valence-electron chi connectivity index (χ1n) is 5.34. The number of benzene rings is 1. The number of carbonyl (C=O) groups excluding carboxylic acids is 1. The average molecular weight is 266 g/mol. The quantitative estimate of drug-likeness (QED) is 0.895.